The molecular weight excluding hydrogens is 240 g/mol. The number of nitrogens with zero attached hydrogens (tertiary/aromatic N) is 1. The average Bonchev–Trinajstić information content (AvgIpc) is 2.60. The first-order valence-corrected chi connectivity index (χ1v) is 5.14. The lowest BCUT2D eigenvalue weighted by Gasteiger charge is -2.13. The molecule has 1 saturated heterocycles. The van der Waals surface area contributed by atoms with E-state index < -0.39 is 23.8 Å². The number of benzene rings is 1. The van der Waals surface area contributed by atoms with Crippen LogP contribution < -0.4 is 4.90 Å². The van der Waals surface area contributed by atoms with E-state index in [1.165, 1.54) is 6.07 Å². The molecular formula is C10H8ClF2NO2. The Labute approximate surface area is 95.6 Å². The predicted octanol–water partition coefficient (Wildman–Crippen LogP) is 2.53. The van der Waals surface area contributed by atoms with Crippen molar-refractivity contribution in [2.75, 3.05) is 17.3 Å². The van der Waals surface area contributed by atoms with Gasteiger partial charge in [-0.2, -0.15) is 0 Å². The Morgan fingerprint density at radius 2 is 2.25 bits per heavy atom. The van der Waals surface area contributed by atoms with Crippen LogP contribution in [0.25, 0.3) is 0 Å². The van der Waals surface area contributed by atoms with E-state index in [1.807, 2.05) is 0 Å². The van der Waals surface area contributed by atoms with Crippen molar-refractivity contribution in [2.24, 2.45) is 0 Å². The molecule has 16 heavy (non-hydrogen) atoms. The molecule has 1 amide bonds. The van der Waals surface area contributed by atoms with Gasteiger partial charge in [0, 0.05) is 6.07 Å². The van der Waals surface area contributed by atoms with Crippen molar-refractivity contribution < 1.29 is 18.3 Å². The first-order valence-electron chi connectivity index (χ1n) is 4.61. The van der Waals surface area contributed by atoms with Crippen LogP contribution in [0.3, 0.4) is 0 Å². The number of hydrogen-bond acceptors (Lipinski definition) is 2. The van der Waals surface area contributed by atoms with Gasteiger partial charge >= 0.3 is 6.09 Å². The zero-order chi connectivity index (χ0) is 11.7. The summed E-state index contributed by atoms with van der Waals surface area (Å²) in [6, 6.07) is 3.00. The van der Waals surface area contributed by atoms with E-state index in [0.29, 0.717) is 0 Å². The van der Waals surface area contributed by atoms with Gasteiger partial charge in [-0.1, -0.05) is 0 Å². The molecule has 2 rings (SSSR count). The Kier molecular flexibility index (Phi) is 2.96. The van der Waals surface area contributed by atoms with Gasteiger partial charge in [-0.25, -0.2) is 13.6 Å². The smallest absolute Gasteiger partial charge is 0.414 e. The van der Waals surface area contributed by atoms with Crippen LogP contribution in [0.5, 0.6) is 0 Å². The second-order valence-electron chi connectivity index (χ2n) is 3.37. The molecule has 1 aliphatic rings. The molecule has 1 aromatic carbocycles. The number of amides is 1. The Hall–Kier alpha value is -1.36. The van der Waals surface area contributed by atoms with Gasteiger partial charge in [-0.3, -0.25) is 4.90 Å². The molecule has 0 aliphatic carbocycles. The fraction of sp³-hybridized carbons (Fsp3) is 0.300. The van der Waals surface area contributed by atoms with Gasteiger partial charge in [-0.15, -0.1) is 11.6 Å². The van der Waals surface area contributed by atoms with Crippen LogP contribution in [0, 0.1) is 11.6 Å². The summed E-state index contributed by atoms with van der Waals surface area (Å²) in [6.07, 6.45) is -1.13. The van der Waals surface area contributed by atoms with Gasteiger partial charge in [0.2, 0.25) is 0 Å². The Morgan fingerprint density at radius 1 is 1.50 bits per heavy atom. The number of rotatable bonds is 2. The summed E-state index contributed by atoms with van der Waals surface area (Å²) in [6.45, 7) is 0.172. The van der Waals surface area contributed by atoms with Gasteiger partial charge in [0.15, 0.2) is 0 Å². The zero-order valence-electron chi connectivity index (χ0n) is 8.12. The van der Waals surface area contributed by atoms with Gasteiger partial charge in [0.1, 0.15) is 17.7 Å². The molecule has 86 valence electrons. The van der Waals surface area contributed by atoms with E-state index in [9.17, 15) is 13.6 Å². The van der Waals surface area contributed by atoms with Gasteiger partial charge in [0.25, 0.3) is 0 Å². The lowest BCUT2D eigenvalue weighted by molar-refractivity contribution is 0.151. The van der Waals surface area contributed by atoms with Crippen LogP contribution in [-0.2, 0) is 4.74 Å². The normalized spacial score (nSPS) is 20.1. The number of carbonyl (C=O) groups excluding carboxylic acids is 1. The molecule has 1 fully saturated rings. The van der Waals surface area contributed by atoms with Crippen LogP contribution in [0.15, 0.2) is 18.2 Å². The summed E-state index contributed by atoms with van der Waals surface area (Å²) in [7, 11) is 0. The standard InChI is InChI=1S/C10H8ClF2NO2/c11-4-7-5-14(10(15)16-7)9-2-1-6(12)3-8(9)13/h1-3,7H,4-5H2. The minimum absolute atomic E-state index is 0.000910. The van der Waals surface area contributed by atoms with Crippen molar-refractivity contribution in [3.05, 3.63) is 29.8 Å². The van der Waals surface area contributed by atoms with Crippen LogP contribution in [0.4, 0.5) is 19.3 Å². The molecule has 3 nitrogen and oxygen atoms in total. The molecule has 1 aliphatic heterocycles. The summed E-state index contributed by atoms with van der Waals surface area (Å²) in [5.74, 6) is -1.35. The lowest BCUT2D eigenvalue weighted by atomic mass is 10.2. The molecule has 0 aromatic heterocycles. The topological polar surface area (TPSA) is 29.5 Å². The number of alkyl halides is 1. The zero-order valence-corrected chi connectivity index (χ0v) is 8.88. The molecule has 0 bridgehead atoms. The second-order valence-corrected chi connectivity index (χ2v) is 3.68. The highest BCUT2D eigenvalue weighted by Gasteiger charge is 2.33. The molecule has 1 heterocycles. The van der Waals surface area contributed by atoms with Crippen molar-refractivity contribution in [1.82, 2.24) is 0 Å². The minimum Gasteiger partial charge on any atom is -0.443 e. The third kappa shape index (κ3) is 1.95. The van der Waals surface area contributed by atoms with E-state index in [2.05, 4.69) is 0 Å². The molecule has 0 spiro atoms. The van der Waals surface area contributed by atoms with E-state index in [-0.39, 0.29) is 18.1 Å². The number of halogens is 3. The fourth-order valence-electron chi connectivity index (χ4n) is 1.50. The van der Waals surface area contributed by atoms with E-state index in [4.69, 9.17) is 16.3 Å². The molecule has 0 N–H and O–H groups in total. The number of cyclic esters (lactones) is 1. The van der Waals surface area contributed by atoms with Crippen molar-refractivity contribution in [1.29, 1.82) is 0 Å². The summed E-state index contributed by atoms with van der Waals surface area (Å²) < 4.78 is 30.9. The quantitative estimate of drug-likeness (QED) is 0.752. The number of anilines is 1. The van der Waals surface area contributed by atoms with Crippen LogP contribution in [-0.4, -0.2) is 24.6 Å². The molecule has 1 unspecified atom stereocenters. The molecule has 1 aromatic rings. The van der Waals surface area contributed by atoms with Gasteiger partial charge < -0.3 is 4.74 Å². The summed E-state index contributed by atoms with van der Waals surface area (Å²) in [5, 5.41) is 0. The van der Waals surface area contributed by atoms with E-state index in [0.717, 1.165) is 17.0 Å². The van der Waals surface area contributed by atoms with Gasteiger partial charge in [-0.05, 0) is 12.1 Å². The van der Waals surface area contributed by atoms with Crippen molar-refractivity contribution in [3.8, 4) is 0 Å². The van der Waals surface area contributed by atoms with Crippen molar-refractivity contribution in [2.45, 2.75) is 6.10 Å². The largest absolute Gasteiger partial charge is 0.443 e. The number of hydrogen-bond donors (Lipinski definition) is 0. The maximum Gasteiger partial charge on any atom is 0.414 e. The SMILES string of the molecule is O=C1OC(CCl)CN1c1ccc(F)cc1F. The minimum atomic E-state index is -0.799. The van der Waals surface area contributed by atoms with Crippen LogP contribution >= 0.6 is 11.6 Å². The highest BCUT2D eigenvalue weighted by molar-refractivity contribution is 6.18. The maximum atomic E-state index is 13.4. The second kappa shape index (κ2) is 4.25. The number of ether oxygens (including phenoxy) is 1. The van der Waals surface area contributed by atoms with E-state index in [1.54, 1.807) is 0 Å². The first-order chi connectivity index (χ1) is 7.61. The van der Waals surface area contributed by atoms with Crippen molar-refractivity contribution >= 4 is 23.4 Å². The monoisotopic (exact) mass is 247 g/mol. The third-order valence-corrected chi connectivity index (χ3v) is 2.59. The maximum absolute atomic E-state index is 13.4. The number of carbonyl (C=O) groups is 1. The Morgan fingerprint density at radius 3 is 2.81 bits per heavy atom. The Balaban J connectivity index is 2.28. The van der Waals surface area contributed by atoms with Crippen molar-refractivity contribution in [3.63, 3.8) is 0 Å². The lowest BCUT2D eigenvalue weighted by Crippen LogP contribution is -2.25. The molecule has 0 radical (unpaired) electrons. The molecule has 1 atom stereocenters. The predicted molar refractivity (Wildman–Crippen MR) is 54.7 cm³/mol. The summed E-state index contributed by atoms with van der Waals surface area (Å²) in [5.41, 5.74) is -0.000910. The van der Waals surface area contributed by atoms with Crippen LogP contribution in [0.1, 0.15) is 0 Å². The fourth-order valence-corrected chi connectivity index (χ4v) is 1.66. The van der Waals surface area contributed by atoms with Crippen LogP contribution in [0.2, 0.25) is 0 Å². The summed E-state index contributed by atoms with van der Waals surface area (Å²) in [4.78, 5) is 12.5. The molecule has 0 saturated carbocycles. The third-order valence-electron chi connectivity index (χ3n) is 2.25. The highest BCUT2D eigenvalue weighted by atomic mass is 35.5. The highest BCUT2D eigenvalue weighted by Crippen LogP contribution is 2.25. The molecule has 6 heteroatoms. The Bertz CT molecular complexity index is 427. The van der Waals surface area contributed by atoms with E-state index >= 15 is 0 Å². The first kappa shape index (κ1) is 11.1. The average molecular weight is 248 g/mol. The van der Waals surface area contributed by atoms with Gasteiger partial charge in [0.05, 0.1) is 18.1 Å². The summed E-state index contributed by atoms with van der Waals surface area (Å²) >= 11 is 5.53.